The molecule has 3 rings (SSSR count). The van der Waals surface area contributed by atoms with E-state index in [0.29, 0.717) is 16.2 Å². The summed E-state index contributed by atoms with van der Waals surface area (Å²) in [6.45, 7) is 2.12. The number of hydrogen-bond donors (Lipinski definition) is 1. The summed E-state index contributed by atoms with van der Waals surface area (Å²) in [5.41, 5.74) is 3.05. The maximum atomic E-state index is 11.9. The topological polar surface area (TPSA) is 45.8 Å². The van der Waals surface area contributed by atoms with Crippen molar-refractivity contribution in [1.82, 2.24) is 9.97 Å². The highest BCUT2D eigenvalue weighted by atomic mass is 79.9. The zero-order valence-corrected chi connectivity index (χ0v) is 12.3. The lowest BCUT2D eigenvalue weighted by Gasteiger charge is -2.06. The van der Waals surface area contributed by atoms with Gasteiger partial charge in [-0.25, -0.2) is 4.98 Å². The second kappa shape index (κ2) is 4.93. The SMILES string of the molecule is CCc1ccc(-c2nc(C3CC3)c(Br)c(=O)[nH]2)cc1. The van der Waals surface area contributed by atoms with E-state index in [0.717, 1.165) is 30.5 Å². The summed E-state index contributed by atoms with van der Waals surface area (Å²) in [7, 11) is 0. The summed E-state index contributed by atoms with van der Waals surface area (Å²) in [5, 5.41) is 0. The number of nitrogens with one attached hydrogen (secondary N) is 1. The van der Waals surface area contributed by atoms with E-state index >= 15 is 0 Å². The molecule has 4 heteroatoms. The van der Waals surface area contributed by atoms with Crippen LogP contribution in [0.5, 0.6) is 0 Å². The van der Waals surface area contributed by atoms with E-state index in [-0.39, 0.29) is 5.56 Å². The van der Waals surface area contributed by atoms with Crippen LogP contribution in [-0.4, -0.2) is 9.97 Å². The van der Waals surface area contributed by atoms with Gasteiger partial charge in [0.15, 0.2) is 0 Å². The van der Waals surface area contributed by atoms with Crippen LogP contribution in [0.2, 0.25) is 0 Å². The van der Waals surface area contributed by atoms with E-state index < -0.39 is 0 Å². The normalized spacial score (nSPS) is 14.6. The first kappa shape index (κ1) is 12.6. The molecular weight excluding hydrogens is 304 g/mol. The predicted molar refractivity (Wildman–Crippen MR) is 79.3 cm³/mol. The Bertz CT molecular complexity index is 657. The molecule has 0 spiro atoms. The second-order valence-electron chi connectivity index (χ2n) is 4.94. The van der Waals surface area contributed by atoms with Crippen LogP contribution in [-0.2, 0) is 6.42 Å². The van der Waals surface area contributed by atoms with Crippen LogP contribution >= 0.6 is 15.9 Å². The van der Waals surface area contributed by atoms with Crippen LogP contribution < -0.4 is 5.56 Å². The molecule has 0 aliphatic heterocycles. The van der Waals surface area contributed by atoms with Crippen molar-refractivity contribution in [1.29, 1.82) is 0 Å². The van der Waals surface area contributed by atoms with Crippen molar-refractivity contribution in [3.8, 4) is 11.4 Å². The molecule has 0 bridgehead atoms. The van der Waals surface area contributed by atoms with E-state index in [9.17, 15) is 4.79 Å². The molecule has 0 atom stereocenters. The Hall–Kier alpha value is -1.42. The van der Waals surface area contributed by atoms with Crippen molar-refractivity contribution in [3.05, 3.63) is 50.3 Å². The third-order valence-corrected chi connectivity index (χ3v) is 4.25. The number of benzene rings is 1. The fourth-order valence-corrected chi connectivity index (χ4v) is 2.65. The minimum Gasteiger partial charge on any atom is -0.306 e. The van der Waals surface area contributed by atoms with Crippen molar-refractivity contribution in [2.45, 2.75) is 32.1 Å². The minimum absolute atomic E-state index is 0.0912. The molecule has 1 aromatic heterocycles. The number of halogens is 1. The predicted octanol–water partition coefficient (Wildman–Crippen LogP) is 3.64. The molecule has 0 amide bonds. The van der Waals surface area contributed by atoms with Gasteiger partial charge in [0.25, 0.3) is 5.56 Å². The summed E-state index contributed by atoms with van der Waals surface area (Å²) in [5.74, 6) is 1.11. The first-order valence-electron chi connectivity index (χ1n) is 6.58. The molecule has 1 saturated carbocycles. The van der Waals surface area contributed by atoms with Crippen molar-refractivity contribution in [2.75, 3.05) is 0 Å². The van der Waals surface area contributed by atoms with Gasteiger partial charge in [0.05, 0.1) is 5.69 Å². The van der Waals surface area contributed by atoms with Crippen LogP contribution in [0.1, 0.15) is 36.9 Å². The average Bonchev–Trinajstić information content (AvgIpc) is 3.26. The standard InChI is InChI=1S/C15H15BrN2O/c1-2-9-3-5-11(6-4-9)14-17-13(10-7-8-10)12(16)15(19)18-14/h3-6,10H,2,7-8H2,1H3,(H,17,18,19). The smallest absolute Gasteiger partial charge is 0.265 e. The van der Waals surface area contributed by atoms with Gasteiger partial charge in [-0.2, -0.15) is 0 Å². The molecule has 0 saturated heterocycles. The highest BCUT2D eigenvalue weighted by molar-refractivity contribution is 9.10. The zero-order valence-electron chi connectivity index (χ0n) is 10.7. The minimum atomic E-state index is -0.0912. The lowest BCUT2D eigenvalue weighted by Crippen LogP contribution is -2.13. The largest absolute Gasteiger partial charge is 0.306 e. The van der Waals surface area contributed by atoms with Gasteiger partial charge in [-0.05, 0) is 40.8 Å². The van der Waals surface area contributed by atoms with Crippen molar-refractivity contribution in [2.24, 2.45) is 0 Å². The molecule has 3 nitrogen and oxygen atoms in total. The zero-order chi connectivity index (χ0) is 13.4. The van der Waals surface area contributed by atoms with E-state index in [1.54, 1.807) is 0 Å². The first-order chi connectivity index (χ1) is 9.19. The molecule has 1 fully saturated rings. The fourth-order valence-electron chi connectivity index (χ4n) is 2.14. The Morgan fingerprint density at radius 1 is 1.32 bits per heavy atom. The van der Waals surface area contributed by atoms with E-state index in [1.165, 1.54) is 5.56 Å². The second-order valence-corrected chi connectivity index (χ2v) is 5.73. The molecule has 1 heterocycles. The summed E-state index contributed by atoms with van der Waals surface area (Å²) in [4.78, 5) is 19.4. The quantitative estimate of drug-likeness (QED) is 0.939. The van der Waals surface area contributed by atoms with Gasteiger partial charge in [0, 0.05) is 11.5 Å². The van der Waals surface area contributed by atoms with Crippen LogP contribution in [0.4, 0.5) is 0 Å². The van der Waals surface area contributed by atoms with Crippen LogP contribution in [0.15, 0.2) is 33.5 Å². The fraction of sp³-hybridized carbons (Fsp3) is 0.333. The Morgan fingerprint density at radius 3 is 2.58 bits per heavy atom. The third kappa shape index (κ3) is 2.50. The Balaban J connectivity index is 2.06. The monoisotopic (exact) mass is 318 g/mol. The molecule has 1 aromatic carbocycles. The average molecular weight is 319 g/mol. The maximum absolute atomic E-state index is 11.9. The molecule has 1 N–H and O–H groups in total. The molecule has 2 aromatic rings. The molecule has 98 valence electrons. The number of aromatic amines is 1. The van der Waals surface area contributed by atoms with Gasteiger partial charge in [0.2, 0.25) is 0 Å². The lowest BCUT2D eigenvalue weighted by atomic mass is 10.1. The first-order valence-corrected chi connectivity index (χ1v) is 7.37. The lowest BCUT2D eigenvalue weighted by molar-refractivity contribution is 0.960. The Labute approximate surface area is 120 Å². The number of nitrogens with zero attached hydrogens (tertiary/aromatic N) is 1. The van der Waals surface area contributed by atoms with Gasteiger partial charge in [-0.1, -0.05) is 31.2 Å². The van der Waals surface area contributed by atoms with Gasteiger partial charge < -0.3 is 4.98 Å². The molecule has 0 unspecified atom stereocenters. The third-order valence-electron chi connectivity index (χ3n) is 3.49. The van der Waals surface area contributed by atoms with E-state index in [2.05, 4.69) is 45.0 Å². The molecule has 19 heavy (non-hydrogen) atoms. The summed E-state index contributed by atoms with van der Waals surface area (Å²) >= 11 is 3.34. The molecule has 0 radical (unpaired) electrons. The van der Waals surface area contributed by atoms with E-state index in [4.69, 9.17) is 0 Å². The van der Waals surface area contributed by atoms with Crippen LogP contribution in [0.3, 0.4) is 0 Å². The van der Waals surface area contributed by atoms with Gasteiger partial charge >= 0.3 is 0 Å². The summed E-state index contributed by atoms with van der Waals surface area (Å²) in [6.07, 6.45) is 3.27. The molecular formula is C15H15BrN2O. The van der Waals surface area contributed by atoms with Crippen LogP contribution in [0.25, 0.3) is 11.4 Å². The van der Waals surface area contributed by atoms with Crippen molar-refractivity contribution in [3.63, 3.8) is 0 Å². The van der Waals surface area contributed by atoms with E-state index in [1.807, 2.05) is 12.1 Å². The molecule has 1 aliphatic rings. The number of aryl methyl sites for hydroxylation is 1. The Kier molecular flexibility index (Phi) is 3.27. The van der Waals surface area contributed by atoms with Crippen LogP contribution in [0, 0.1) is 0 Å². The number of rotatable bonds is 3. The van der Waals surface area contributed by atoms with Crippen molar-refractivity contribution < 1.29 is 0 Å². The number of H-pyrrole nitrogens is 1. The summed E-state index contributed by atoms with van der Waals surface area (Å²) in [6, 6.07) is 8.19. The highest BCUT2D eigenvalue weighted by Crippen LogP contribution is 2.41. The maximum Gasteiger partial charge on any atom is 0.265 e. The highest BCUT2D eigenvalue weighted by Gasteiger charge is 2.29. The van der Waals surface area contributed by atoms with Gasteiger partial charge in [0.1, 0.15) is 10.3 Å². The van der Waals surface area contributed by atoms with Gasteiger partial charge in [-0.3, -0.25) is 4.79 Å². The Morgan fingerprint density at radius 2 is 2.00 bits per heavy atom. The number of hydrogen-bond acceptors (Lipinski definition) is 2. The molecule has 1 aliphatic carbocycles. The van der Waals surface area contributed by atoms with Gasteiger partial charge in [-0.15, -0.1) is 0 Å². The number of aromatic nitrogens is 2. The van der Waals surface area contributed by atoms with Crippen molar-refractivity contribution >= 4 is 15.9 Å². The summed E-state index contributed by atoms with van der Waals surface area (Å²) < 4.78 is 0.587.